The van der Waals surface area contributed by atoms with Crippen LogP contribution < -0.4 is 5.32 Å². The Morgan fingerprint density at radius 3 is 2.00 bits per heavy atom. The Hall–Kier alpha value is -0.0400. The molecule has 1 N–H and O–H groups in total. The molecule has 2 unspecified atom stereocenters. The van der Waals surface area contributed by atoms with E-state index in [9.17, 15) is 0 Å². The molecule has 1 aliphatic carbocycles. The Morgan fingerprint density at radius 1 is 1.12 bits per heavy atom. The van der Waals surface area contributed by atoms with Gasteiger partial charge in [-0.15, -0.1) is 0 Å². The first-order valence-corrected chi connectivity index (χ1v) is 7.57. The average molecular weight is 239 g/mol. The van der Waals surface area contributed by atoms with Gasteiger partial charge in [-0.05, 0) is 55.9 Å². The molecule has 1 rings (SSSR count). The quantitative estimate of drug-likeness (QED) is 0.763. The van der Waals surface area contributed by atoms with Crippen LogP contribution in [0.4, 0.5) is 0 Å². The average Bonchev–Trinajstić information content (AvgIpc) is 2.29. The highest BCUT2D eigenvalue weighted by atomic mass is 14.9. The maximum atomic E-state index is 3.58. The molecule has 0 saturated heterocycles. The third-order valence-corrected chi connectivity index (χ3v) is 5.09. The molecule has 1 aliphatic rings. The molecule has 0 aromatic rings. The SMILES string of the molecule is CCC(C)C(NC)C1CCC(C(C)(C)C)CC1. The second-order valence-electron chi connectivity index (χ2n) is 7.18. The molecule has 0 bridgehead atoms. The second-order valence-corrected chi connectivity index (χ2v) is 7.18. The summed E-state index contributed by atoms with van der Waals surface area (Å²) in [5.41, 5.74) is 0.510. The van der Waals surface area contributed by atoms with Crippen LogP contribution in [0.5, 0.6) is 0 Å². The summed E-state index contributed by atoms with van der Waals surface area (Å²) in [6.07, 6.45) is 7.02. The zero-order valence-corrected chi connectivity index (χ0v) is 12.8. The van der Waals surface area contributed by atoms with Crippen molar-refractivity contribution in [1.82, 2.24) is 5.32 Å². The third kappa shape index (κ3) is 3.98. The van der Waals surface area contributed by atoms with Crippen molar-refractivity contribution in [1.29, 1.82) is 0 Å². The van der Waals surface area contributed by atoms with Crippen LogP contribution >= 0.6 is 0 Å². The van der Waals surface area contributed by atoms with Gasteiger partial charge >= 0.3 is 0 Å². The minimum atomic E-state index is 0.510. The molecule has 2 atom stereocenters. The van der Waals surface area contributed by atoms with E-state index in [1.807, 2.05) is 0 Å². The molecular formula is C16H33N. The van der Waals surface area contributed by atoms with Gasteiger partial charge in [0.1, 0.15) is 0 Å². The number of rotatable bonds is 4. The van der Waals surface area contributed by atoms with Crippen LogP contribution in [0.3, 0.4) is 0 Å². The highest BCUT2D eigenvalue weighted by Crippen LogP contribution is 2.41. The summed E-state index contributed by atoms with van der Waals surface area (Å²) in [7, 11) is 2.15. The van der Waals surface area contributed by atoms with E-state index in [2.05, 4.69) is 47.0 Å². The summed E-state index contributed by atoms with van der Waals surface area (Å²) >= 11 is 0. The monoisotopic (exact) mass is 239 g/mol. The molecule has 1 fully saturated rings. The van der Waals surface area contributed by atoms with Gasteiger partial charge in [0.25, 0.3) is 0 Å². The van der Waals surface area contributed by atoms with E-state index in [1.54, 1.807) is 0 Å². The highest BCUT2D eigenvalue weighted by molar-refractivity contribution is 4.87. The molecule has 0 spiro atoms. The van der Waals surface area contributed by atoms with Gasteiger partial charge in [0.2, 0.25) is 0 Å². The van der Waals surface area contributed by atoms with Gasteiger partial charge in [-0.1, -0.05) is 41.0 Å². The van der Waals surface area contributed by atoms with E-state index in [1.165, 1.54) is 32.1 Å². The van der Waals surface area contributed by atoms with Crippen LogP contribution in [0.2, 0.25) is 0 Å². The molecule has 0 aromatic carbocycles. The van der Waals surface area contributed by atoms with E-state index < -0.39 is 0 Å². The topological polar surface area (TPSA) is 12.0 Å². The lowest BCUT2D eigenvalue weighted by molar-refractivity contribution is 0.120. The largest absolute Gasteiger partial charge is 0.316 e. The van der Waals surface area contributed by atoms with Crippen molar-refractivity contribution in [2.45, 2.75) is 72.8 Å². The van der Waals surface area contributed by atoms with Gasteiger partial charge < -0.3 is 5.32 Å². The summed E-state index contributed by atoms with van der Waals surface area (Å²) in [6, 6.07) is 0.737. The number of hydrogen-bond donors (Lipinski definition) is 1. The van der Waals surface area contributed by atoms with Crippen LogP contribution in [-0.2, 0) is 0 Å². The first kappa shape index (κ1) is 15.0. The van der Waals surface area contributed by atoms with Crippen LogP contribution in [-0.4, -0.2) is 13.1 Å². The minimum absolute atomic E-state index is 0.510. The first-order valence-electron chi connectivity index (χ1n) is 7.57. The molecule has 1 saturated carbocycles. The third-order valence-electron chi connectivity index (χ3n) is 5.09. The zero-order chi connectivity index (χ0) is 13.1. The van der Waals surface area contributed by atoms with E-state index in [4.69, 9.17) is 0 Å². The lowest BCUT2D eigenvalue weighted by Crippen LogP contribution is -2.41. The molecule has 1 nitrogen and oxygen atoms in total. The highest BCUT2D eigenvalue weighted by Gasteiger charge is 2.33. The molecular weight excluding hydrogens is 206 g/mol. The fourth-order valence-electron chi connectivity index (χ4n) is 3.58. The molecule has 0 aliphatic heterocycles. The molecule has 102 valence electrons. The summed E-state index contributed by atoms with van der Waals surface area (Å²) < 4.78 is 0. The summed E-state index contributed by atoms with van der Waals surface area (Å²) in [5, 5.41) is 3.58. The van der Waals surface area contributed by atoms with E-state index in [-0.39, 0.29) is 0 Å². The van der Waals surface area contributed by atoms with E-state index >= 15 is 0 Å². The van der Waals surface area contributed by atoms with Gasteiger partial charge in [-0.3, -0.25) is 0 Å². The fraction of sp³-hybridized carbons (Fsp3) is 1.00. The molecule has 17 heavy (non-hydrogen) atoms. The van der Waals surface area contributed by atoms with Gasteiger partial charge in [0.05, 0.1) is 0 Å². The van der Waals surface area contributed by atoms with Crippen LogP contribution in [0, 0.1) is 23.2 Å². The fourth-order valence-corrected chi connectivity index (χ4v) is 3.58. The van der Waals surface area contributed by atoms with Gasteiger partial charge in [0.15, 0.2) is 0 Å². The summed E-state index contributed by atoms with van der Waals surface area (Å²) in [4.78, 5) is 0. The predicted molar refractivity (Wildman–Crippen MR) is 77.2 cm³/mol. The summed E-state index contributed by atoms with van der Waals surface area (Å²) in [5.74, 6) is 2.66. The normalized spacial score (nSPS) is 30.0. The zero-order valence-electron chi connectivity index (χ0n) is 12.8. The Bertz CT molecular complexity index is 208. The van der Waals surface area contributed by atoms with Crippen molar-refractivity contribution in [3.05, 3.63) is 0 Å². The molecule has 0 aromatic heterocycles. The molecule has 0 amide bonds. The van der Waals surface area contributed by atoms with Gasteiger partial charge in [0, 0.05) is 6.04 Å². The van der Waals surface area contributed by atoms with E-state index in [0.717, 1.165) is 23.8 Å². The van der Waals surface area contributed by atoms with Crippen molar-refractivity contribution in [3.8, 4) is 0 Å². The van der Waals surface area contributed by atoms with Gasteiger partial charge in [-0.2, -0.15) is 0 Å². The van der Waals surface area contributed by atoms with Crippen LogP contribution in [0.25, 0.3) is 0 Å². The van der Waals surface area contributed by atoms with Crippen molar-refractivity contribution in [2.24, 2.45) is 23.2 Å². The van der Waals surface area contributed by atoms with E-state index in [0.29, 0.717) is 5.41 Å². The number of hydrogen-bond acceptors (Lipinski definition) is 1. The lowest BCUT2D eigenvalue weighted by Gasteiger charge is -2.41. The second kappa shape index (κ2) is 6.22. The Kier molecular flexibility index (Phi) is 5.50. The maximum Gasteiger partial charge on any atom is 0.0118 e. The Labute approximate surface area is 109 Å². The standard InChI is InChI=1S/C16H33N/c1-7-12(2)15(17-6)13-8-10-14(11-9-13)16(3,4)5/h12-15,17H,7-11H2,1-6H3. The minimum Gasteiger partial charge on any atom is -0.316 e. The van der Waals surface area contributed by atoms with Crippen LogP contribution in [0.1, 0.15) is 66.7 Å². The van der Waals surface area contributed by atoms with Crippen molar-refractivity contribution < 1.29 is 0 Å². The van der Waals surface area contributed by atoms with Crippen LogP contribution in [0.15, 0.2) is 0 Å². The number of nitrogens with one attached hydrogen (secondary N) is 1. The summed E-state index contributed by atoms with van der Waals surface area (Å²) in [6.45, 7) is 11.9. The van der Waals surface area contributed by atoms with Crippen molar-refractivity contribution in [2.75, 3.05) is 7.05 Å². The predicted octanol–water partition coefficient (Wildman–Crippen LogP) is 4.47. The maximum absolute atomic E-state index is 3.58. The van der Waals surface area contributed by atoms with Gasteiger partial charge in [-0.25, -0.2) is 0 Å². The first-order chi connectivity index (χ1) is 7.90. The lowest BCUT2D eigenvalue weighted by atomic mass is 9.67. The molecule has 0 radical (unpaired) electrons. The smallest absolute Gasteiger partial charge is 0.0118 e. The van der Waals surface area contributed by atoms with Crippen molar-refractivity contribution in [3.63, 3.8) is 0 Å². The molecule has 1 heteroatoms. The molecule has 0 heterocycles. The Balaban J connectivity index is 2.50. The van der Waals surface area contributed by atoms with Crippen molar-refractivity contribution >= 4 is 0 Å². The Morgan fingerprint density at radius 2 is 1.65 bits per heavy atom.